The van der Waals surface area contributed by atoms with E-state index in [2.05, 4.69) is 55.6 Å². The Morgan fingerprint density at radius 3 is 2.15 bits per heavy atom. The molecule has 0 unspecified atom stereocenters. The Bertz CT molecular complexity index is 1020. The van der Waals surface area contributed by atoms with E-state index in [-0.39, 0.29) is 0 Å². The van der Waals surface area contributed by atoms with Crippen molar-refractivity contribution < 1.29 is 0 Å². The van der Waals surface area contributed by atoms with Gasteiger partial charge >= 0.3 is 0 Å². The molecule has 3 aromatic heterocycles. The zero-order valence-corrected chi connectivity index (χ0v) is 15.0. The van der Waals surface area contributed by atoms with Crippen LogP contribution in [0, 0.1) is 6.92 Å². The first-order chi connectivity index (χ1) is 13.3. The van der Waals surface area contributed by atoms with E-state index in [1.54, 1.807) is 18.6 Å². The number of anilines is 1. The fourth-order valence-corrected chi connectivity index (χ4v) is 2.82. The van der Waals surface area contributed by atoms with Crippen LogP contribution in [0.2, 0.25) is 0 Å². The second-order valence-corrected chi connectivity index (χ2v) is 6.25. The highest BCUT2D eigenvalue weighted by molar-refractivity contribution is 5.62. The highest BCUT2D eigenvalue weighted by atomic mass is 15.0. The van der Waals surface area contributed by atoms with Gasteiger partial charge in [-0.3, -0.25) is 9.97 Å². The molecule has 27 heavy (non-hydrogen) atoms. The van der Waals surface area contributed by atoms with E-state index in [0.717, 1.165) is 28.2 Å². The molecule has 0 saturated carbocycles. The molecule has 4 rings (SSSR count). The van der Waals surface area contributed by atoms with Crippen LogP contribution in [0.15, 0.2) is 79.4 Å². The van der Waals surface area contributed by atoms with E-state index in [1.807, 2.05) is 37.4 Å². The van der Waals surface area contributed by atoms with Crippen molar-refractivity contribution in [2.24, 2.45) is 0 Å². The third kappa shape index (κ3) is 4.15. The number of rotatable bonds is 5. The van der Waals surface area contributed by atoms with Crippen molar-refractivity contribution in [2.75, 3.05) is 5.32 Å². The summed E-state index contributed by atoms with van der Waals surface area (Å²) in [5.74, 6) is 1.48. The molecule has 0 bridgehead atoms. The Kier molecular flexibility index (Phi) is 4.83. The average Bonchev–Trinajstić information content (AvgIpc) is 2.73. The predicted octanol–water partition coefficient (Wildman–Crippen LogP) is 4.52. The molecule has 0 radical (unpaired) electrons. The molecule has 4 aromatic rings. The van der Waals surface area contributed by atoms with Gasteiger partial charge in [0.05, 0.1) is 0 Å². The van der Waals surface area contributed by atoms with E-state index in [0.29, 0.717) is 12.4 Å². The molecule has 1 aromatic carbocycles. The van der Waals surface area contributed by atoms with Crippen LogP contribution in [0.5, 0.6) is 0 Å². The predicted molar refractivity (Wildman–Crippen MR) is 107 cm³/mol. The van der Waals surface area contributed by atoms with E-state index in [1.165, 1.54) is 5.56 Å². The van der Waals surface area contributed by atoms with Gasteiger partial charge in [-0.1, -0.05) is 30.3 Å². The SMILES string of the molecule is Cc1cc(NCc2ccc(-c3cccnc3)cc2)nc(-c2cccnc2)n1. The molecule has 0 aliphatic heterocycles. The number of nitrogens with zero attached hydrogens (tertiary/aromatic N) is 4. The van der Waals surface area contributed by atoms with Gasteiger partial charge in [-0.15, -0.1) is 0 Å². The molecule has 5 nitrogen and oxygen atoms in total. The Labute approximate surface area is 158 Å². The number of hydrogen-bond donors (Lipinski definition) is 1. The molecular formula is C22H19N5. The largest absolute Gasteiger partial charge is 0.366 e. The first-order valence-electron chi connectivity index (χ1n) is 8.77. The number of nitrogens with one attached hydrogen (secondary N) is 1. The van der Waals surface area contributed by atoms with Gasteiger partial charge in [0, 0.05) is 48.7 Å². The first-order valence-corrected chi connectivity index (χ1v) is 8.77. The molecule has 1 N–H and O–H groups in total. The van der Waals surface area contributed by atoms with Gasteiger partial charge in [0.1, 0.15) is 5.82 Å². The lowest BCUT2D eigenvalue weighted by atomic mass is 10.1. The highest BCUT2D eigenvalue weighted by Crippen LogP contribution is 2.20. The lowest BCUT2D eigenvalue weighted by Gasteiger charge is -2.09. The van der Waals surface area contributed by atoms with Crippen LogP contribution in [0.25, 0.3) is 22.5 Å². The molecule has 0 aliphatic rings. The fraction of sp³-hybridized carbons (Fsp3) is 0.0909. The monoisotopic (exact) mass is 353 g/mol. The third-order valence-electron chi connectivity index (χ3n) is 4.20. The smallest absolute Gasteiger partial charge is 0.163 e. The van der Waals surface area contributed by atoms with Crippen LogP contribution in [0.4, 0.5) is 5.82 Å². The minimum atomic E-state index is 0.678. The van der Waals surface area contributed by atoms with Crippen LogP contribution in [-0.2, 0) is 6.54 Å². The Morgan fingerprint density at radius 1 is 0.778 bits per heavy atom. The molecule has 0 atom stereocenters. The Hall–Kier alpha value is -3.60. The second kappa shape index (κ2) is 7.74. The summed E-state index contributed by atoms with van der Waals surface area (Å²) in [6.45, 7) is 2.66. The number of aromatic nitrogens is 4. The third-order valence-corrected chi connectivity index (χ3v) is 4.20. The van der Waals surface area contributed by atoms with Gasteiger partial charge in [-0.2, -0.15) is 0 Å². The second-order valence-electron chi connectivity index (χ2n) is 6.25. The summed E-state index contributed by atoms with van der Waals surface area (Å²) < 4.78 is 0. The molecule has 0 fully saturated rings. The lowest BCUT2D eigenvalue weighted by Crippen LogP contribution is -2.04. The topological polar surface area (TPSA) is 63.6 Å². The standard InChI is InChI=1S/C22H19N5/c1-16-12-21(27-22(26-16)20-5-3-11-24-15-20)25-13-17-6-8-18(9-7-17)19-4-2-10-23-14-19/h2-12,14-15H,13H2,1H3,(H,25,26,27). The average molecular weight is 353 g/mol. The van der Waals surface area contributed by atoms with Crippen LogP contribution in [0.3, 0.4) is 0 Å². The quantitative estimate of drug-likeness (QED) is 0.571. The minimum absolute atomic E-state index is 0.678. The van der Waals surface area contributed by atoms with Crippen molar-refractivity contribution in [1.29, 1.82) is 0 Å². The van der Waals surface area contributed by atoms with E-state index in [4.69, 9.17) is 0 Å². The van der Waals surface area contributed by atoms with Crippen LogP contribution in [0.1, 0.15) is 11.3 Å². The zero-order chi connectivity index (χ0) is 18.5. The Balaban J connectivity index is 1.48. The van der Waals surface area contributed by atoms with Crippen molar-refractivity contribution >= 4 is 5.82 Å². The highest BCUT2D eigenvalue weighted by Gasteiger charge is 2.05. The van der Waals surface area contributed by atoms with Crippen molar-refractivity contribution in [3.63, 3.8) is 0 Å². The first kappa shape index (κ1) is 16.8. The molecule has 132 valence electrons. The lowest BCUT2D eigenvalue weighted by molar-refractivity contribution is 1.06. The molecule has 0 spiro atoms. The summed E-state index contributed by atoms with van der Waals surface area (Å²) in [6.07, 6.45) is 7.17. The summed E-state index contributed by atoms with van der Waals surface area (Å²) in [5, 5.41) is 3.39. The molecular weight excluding hydrogens is 334 g/mol. The molecule has 5 heteroatoms. The molecule has 3 heterocycles. The maximum Gasteiger partial charge on any atom is 0.163 e. The van der Waals surface area contributed by atoms with Crippen molar-refractivity contribution in [2.45, 2.75) is 13.5 Å². The molecule has 0 amide bonds. The number of benzene rings is 1. The Morgan fingerprint density at radius 2 is 1.48 bits per heavy atom. The van der Waals surface area contributed by atoms with Gasteiger partial charge in [0.15, 0.2) is 5.82 Å². The van der Waals surface area contributed by atoms with Crippen LogP contribution < -0.4 is 5.32 Å². The van der Waals surface area contributed by atoms with Crippen LogP contribution in [-0.4, -0.2) is 19.9 Å². The summed E-state index contributed by atoms with van der Waals surface area (Å²) in [5.41, 5.74) is 5.28. The molecule has 0 aliphatic carbocycles. The minimum Gasteiger partial charge on any atom is -0.366 e. The van der Waals surface area contributed by atoms with Gasteiger partial charge in [-0.05, 0) is 41.8 Å². The van der Waals surface area contributed by atoms with Crippen molar-refractivity contribution in [3.05, 3.63) is 90.6 Å². The van der Waals surface area contributed by atoms with E-state index in [9.17, 15) is 0 Å². The van der Waals surface area contributed by atoms with Crippen molar-refractivity contribution in [1.82, 2.24) is 19.9 Å². The van der Waals surface area contributed by atoms with Gasteiger partial charge in [-0.25, -0.2) is 9.97 Å². The number of aryl methyl sites for hydroxylation is 1. The van der Waals surface area contributed by atoms with Crippen molar-refractivity contribution in [3.8, 4) is 22.5 Å². The van der Waals surface area contributed by atoms with Gasteiger partial charge in [0.25, 0.3) is 0 Å². The summed E-state index contributed by atoms with van der Waals surface area (Å²) in [7, 11) is 0. The normalized spacial score (nSPS) is 10.6. The maximum atomic E-state index is 4.61. The summed E-state index contributed by atoms with van der Waals surface area (Å²) >= 11 is 0. The number of pyridine rings is 2. The van der Waals surface area contributed by atoms with E-state index >= 15 is 0 Å². The van der Waals surface area contributed by atoms with Gasteiger partial charge in [0.2, 0.25) is 0 Å². The molecule has 0 saturated heterocycles. The summed E-state index contributed by atoms with van der Waals surface area (Å²) in [6, 6.07) is 18.3. The zero-order valence-electron chi connectivity index (χ0n) is 15.0. The maximum absolute atomic E-state index is 4.61. The fourth-order valence-electron chi connectivity index (χ4n) is 2.82. The number of hydrogen-bond acceptors (Lipinski definition) is 5. The van der Waals surface area contributed by atoms with E-state index < -0.39 is 0 Å². The van der Waals surface area contributed by atoms with Crippen LogP contribution >= 0.6 is 0 Å². The van der Waals surface area contributed by atoms with Gasteiger partial charge < -0.3 is 5.32 Å². The summed E-state index contributed by atoms with van der Waals surface area (Å²) in [4.78, 5) is 17.4.